The van der Waals surface area contributed by atoms with Gasteiger partial charge in [0.1, 0.15) is 5.60 Å². The monoisotopic (exact) mass is 338 g/mol. The van der Waals surface area contributed by atoms with Crippen LogP contribution in [0.5, 0.6) is 0 Å². The minimum absolute atomic E-state index is 0.0886. The number of nitrogens with two attached hydrogens (primary N) is 1. The molecule has 0 bridgehead atoms. The van der Waals surface area contributed by atoms with Crippen LogP contribution in [0.25, 0.3) is 0 Å². The summed E-state index contributed by atoms with van der Waals surface area (Å²) in [5.41, 5.74) is 4.06. The fraction of sp³-hybridized carbons (Fsp3) is 0.500. The Morgan fingerprint density at radius 3 is 2.36 bits per heavy atom. The Hall–Kier alpha value is -1.47. The Morgan fingerprint density at radius 2 is 1.91 bits per heavy atom. The third-order valence-corrected chi connectivity index (χ3v) is 2.79. The number of ether oxygens (including phenoxy) is 1. The Morgan fingerprint density at radius 1 is 1.32 bits per heavy atom. The van der Waals surface area contributed by atoms with Gasteiger partial charge in [0.2, 0.25) is 0 Å². The second kappa shape index (κ2) is 6.75. The molecule has 4 nitrogen and oxygen atoms in total. The van der Waals surface area contributed by atoms with Crippen LogP contribution in [-0.2, 0) is 10.9 Å². The van der Waals surface area contributed by atoms with E-state index in [0.29, 0.717) is 0 Å². The topological polar surface area (TPSA) is 64.3 Å². The van der Waals surface area contributed by atoms with Crippen molar-refractivity contribution >= 4 is 17.7 Å². The highest BCUT2D eigenvalue weighted by Crippen LogP contribution is 2.33. The summed E-state index contributed by atoms with van der Waals surface area (Å²) >= 11 is 5.72. The van der Waals surface area contributed by atoms with Crippen LogP contribution in [0.1, 0.15) is 37.9 Å². The van der Waals surface area contributed by atoms with Gasteiger partial charge in [-0.1, -0.05) is 11.6 Å². The van der Waals surface area contributed by atoms with Gasteiger partial charge in [-0.05, 0) is 44.5 Å². The highest BCUT2D eigenvalue weighted by atomic mass is 35.5. The maximum atomic E-state index is 12.8. The molecule has 0 saturated carbocycles. The van der Waals surface area contributed by atoms with Gasteiger partial charge < -0.3 is 15.8 Å². The number of carbonyl (C=O) groups is 1. The summed E-state index contributed by atoms with van der Waals surface area (Å²) in [6.07, 6.45) is -5.30. The molecule has 0 aliphatic carbocycles. The zero-order valence-electron chi connectivity index (χ0n) is 12.4. The lowest BCUT2D eigenvalue weighted by Gasteiger charge is -2.23. The van der Waals surface area contributed by atoms with Crippen molar-refractivity contribution < 1.29 is 22.7 Å². The molecule has 0 heterocycles. The van der Waals surface area contributed by atoms with Crippen LogP contribution in [0, 0.1) is 0 Å². The van der Waals surface area contributed by atoms with Crippen molar-refractivity contribution in [3.8, 4) is 0 Å². The summed E-state index contributed by atoms with van der Waals surface area (Å²) in [6.45, 7) is 4.92. The quantitative estimate of drug-likeness (QED) is 0.879. The van der Waals surface area contributed by atoms with E-state index in [1.165, 1.54) is 6.07 Å². The SMILES string of the molecule is CC(C)(C)OC(=O)NC(CN)c1cc(Cl)cc(C(F)(F)F)c1. The molecule has 1 atom stereocenters. The Balaban J connectivity index is 3.00. The molecule has 0 aromatic heterocycles. The van der Waals surface area contributed by atoms with E-state index in [2.05, 4.69) is 5.32 Å². The smallest absolute Gasteiger partial charge is 0.416 e. The molecule has 0 fully saturated rings. The molecule has 1 unspecified atom stereocenters. The predicted octanol–water partition coefficient (Wildman–Crippen LogP) is 3.88. The molecule has 124 valence electrons. The number of carbonyl (C=O) groups excluding carboxylic acids is 1. The van der Waals surface area contributed by atoms with Crippen LogP contribution in [0.15, 0.2) is 18.2 Å². The molecule has 0 spiro atoms. The van der Waals surface area contributed by atoms with Gasteiger partial charge in [-0.25, -0.2) is 4.79 Å². The summed E-state index contributed by atoms with van der Waals surface area (Å²) in [4.78, 5) is 11.7. The number of nitrogens with one attached hydrogen (secondary N) is 1. The molecular weight excluding hydrogens is 321 g/mol. The van der Waals surface area contributed by atoms with Gasteiger partial charge >= 0.3 is 12.3 Å². The first-order valence-corrected chi connectivity index (χ1v) is 6.87. The summed E-state index contributed by atoms with van der Waals surface area (Å²) in [5, 5.41) is 2.34. The van der Waals surface area contributed by atoms with E-state index in [0.717, 1.165) is 12.1 Å². The van der Waals surface area contributed by atoms with Crippen LogP contribution in [0.2, 0.25) is 5.02 Å². The van der Waals surface area contributed by atoms with Crippen molar-refractivity contribution in [2.45, 2.75) is 38.6 Å². The van der Waals surface area contributed by atoms with E-state index in [1.807, 2.05) is 0 Å². The van der Waals surface area contributed by atoms with Gasteiger partial charge in [-0.15, -0.1) is 0 Å². The van der Waals surface area contributed by atoms with Crippen LogP contribution < -0.4 is 11.1 Å². The molecule has 1 aromatic carbocycles. The van der Waals surface area contributed by atoms with Crippen LogP contribution in [-0.4, -0.2) is 18.2 Å². The number of rotatable bonds is 3. The maximum Gasteiger partial charge on any atom is 0.416 e. The molecule has 0 aliphatic heterocycles. The molecule has 1 amide bonds. The van der Waals surface area contributed by atoms with Crippen LogP contribution >= 0.6 is 11.6 Å². The second-order valence-electron chi connectivity index (χ2n) is 5.71. The van der Waals surface area contributed by atoms with Gasteiger partial charge in [0.25, 0.3) is 0 Å². The molecule has 1 aromatic rings. The highest BCUT2D eigenvalue weighted by Gasteiger charge is 2.32. The lowest BCUT2D eigenvalue weighted by Crippen LogP contribution is -2.37. The van der Waals surface area contributed by atoms with Gasteiger partial charge in [-0.2, -0.15) is 13.2 Å². The first kappa shape index (κ1) is 18.6. The number of halogens is 4. The van der Waals surface area contributed by atoms with E-state index in [9.17, 15) is 18.0 Å². The molecule has 0 aliphatic rings. The Bertz CT molecular complexity index is 542. The maximum absolute atomic E-state index is 12.8. The van der Waals surface area contributed by atoms with Crippen LogP contribution in [0.4, 0.5) is 18.0 Å². The summed E-state index contributed by atoms with van der Waals surface area (Å²) < 4.78 is 43.5. The summed E-state index contributed by atoms with van der Waals surface area (Å²) in [6, 6.07) is 2.20. The van der Waals surface area contributed by atoms with Crippen LogP contribution in [0.3, 0.4) is 0 Å². The average molecular weight is 339 g/mol. The fourth-order valence-electron chi connectivity index (χ4n) is 1.71. The third kappa shape index (κ3) is 5.73. The van der Waals surface area contributed by atoms with Crippen molar-refractivity contribution in [3.05, 3.63) is 34.3 Å². The van der Waals surface area contributed by atoms with Gasteiger partial charge in [0.15, 0.2) is 0 Å². The van der Waals surface area contributed by atoms with Gasteiger partial charge in [0.05, 0.1) is 11.6 Å². The van der Waals surface area contributed by atoms with Crippen molar-refractivity contribution in [2.24, 2.45) is 5.73 Å². The standard InChI is InChI=1S/C14H18ClF3N2O2/c1-13(2,3)22-12(21)20-11(7-19)8-4-9(14(16,17)18)6-10(15)5-8/h4-6,11H,7,19H2,1-3H3,(H,20,21). The van der Waals surface area contributed by atoms with E-state index < -0.39 is 29.5 Å². The molecule has 0 saturated heterocycles. The lowest BCUT2D eigenvalue weighted by atomic mass is 10.0. The van der Waals surface area contributed by atoms with Crippen molar-refractivity contribution in [3.63, 3.8) is 0 Å². The van der Waals surface area contributed by atoms with Crippen molar-refractivity contribution in [1.29, 1.82) is 0 Å². The lowest BCUT2D eigenvalue weighted by molar-refractivity contribution is -0.137. The normalized spacial score (nSPS) is 13.6. The number of benzene rings is 1. The van der Waals surface area contributed by atoms with Gasteiger partial charge in [0, 0.05) is 11.6 Å². The molecule has 3 N–H and O–H groups in total. The number of hydrogen-bond acceptors (Lipinski definition) is 3. The molecule has 1 rings (SSSR count). The van der Waals surface area contributed by atoms with E-state index in [-0.39, 0.29) is 17.1 Å². The van der Waals surface area contributed by atoms with E-state index >= 15 is 0 Å². The highest BCUT2D eigenvalue weighted by molar-refractivity contribution is 6.30. The molecule has 8 heteroatoms. The zero-order valence-corrected chi connectivity index (χ0v) is 13.2. The average Bonchev–Trinajstić information content (AvgIpc) is 2.31. The first-order chi connectivity index (χ1) is 9.92. The van der Waals surface area contributed by atoms with Crippen molar-refractivity contribution in [1.82, 2.24) is 5.32 Å². The minimum Gasteiger partial charge on any atom is -0.444 e. The Kier molecular flexibility index (Phi) is 5.70. The molecule has 22 heavy (non-hydrogen) atoms. The number of hydrogen-bond donors (Lipinski definition) is 2. The predicted molar refractivity (Wildman–Crippen MR) is 77.6 cm³/mol. The minimum atomic E-state index is -4.54. The number of alkyl halides is 3. The fourth-order valence-corrected chi connectivity index (χ4v) is 1.95. The summed E-state index contributed by atoms with van der Waals surface area (Å²) in [7, 11) is 0. The number of amides is 1. The van der Waals surface area contributed by atoms with Crippen molar-refractivity contribution in [2.75, 3.05) is 6.54 Å². The molecular formula is C14H18ClF3N2O2. The largest absolute Gasteiger partial charge is 0.444 e. The third-order valence-electron chi connectivity index (χ3n) is 2.58. The van der Waals surface area contributed by atoms with Gasteiger partial charge in [-0.3, -0.25) is 0 Å². The second-order valence-corrected chi connectivity index (χ2v) is 6.14. The molecule has 0 radical (unpaired) electrons. The first-order valence-electron chi connectivity index (χ1n) is 6.49. The number of alkyl carbamates (subject to hydrolysis) is 1. The van der Waals surface area contributed by atoms with E-state index in [4.69, 9.17) is 22.1 Å². The Labute approximate surface area is 131 Å². The summed E-state index contributed by atoms with van der Waals surface area (Å²) in [5.74, 6) is 0. The zero-order chi connectivity index (χ0) is 17.1. The van der Waals surface area contributed by atoms with E-state index in [1.54, 1.807) is 20.8 Å².